The predicted molar refractivity (Wildman–Crippen MR) is 73.8 cm³/mol. The van der Waals surface area contributed by atoms with E-state index in [1.54, 1.807) is 0 Å². The number of rotatable bonds is 7. The first-order valence-electron chi connectivity index (χ1n) is 6.95. The zero-order valence-corrected chi connectivity index (χ0v) is 13.6. The molecule has 0 aromatic rings. The summed E-state index contributed by atoms with van der Waals surface area (Å²) in [4.78, 5) is 9.76. The van der Waals surface area contributed by atoms with Crippen LogP contribution in [0, 0.1) is 17.8 Å². The van der Waals surface area contributed by atoms with Gasteiger partial charge in [-0.1, -0.05) is 34.6 Å². The van der Waals surface area contributed by atoms with Gasteiger partial charge in [0.05, 0.1) is 24.9 Å². The van der Waals surface area contributed by atoms with Gasteiger partial charge in [-0.15, -0.1) is 0 Å². The Hall–Kier alpha value is 0.0700. The first-order valence-corrected chi connectivity index (χ1v) is 8.44. The van der Waals surface area contributed by atoms with Gasteiger partial charge in [0, 0.05) is 5.92 Å². The van der Waals surface area contributed by atoms with Gasteiger partial charge < -0.3 is 9.63 Å². The van der Waals surface area contributed by atoms with Gasteiger partial charge in [-0.05, 0) is 18.8 Å². The molecule has 6 heteroatoms. The molecule has 0 aliphatic carbocycles. The second-order valence-electron chi connectivity index (χ2n) is 6.06. The topological polar surface area (TPSA) is 65.0 Å². The molecule has 1 rings (SSSR count). The number of phosphoric ester groups is 1. The first kappa shape index (κ1) is 17.1. The van der Waals surface area contributed by atoms with Crippen molar-refractivity contribution in [3.63, 3.8) is 0 Å². The first-order chi connectivity index (χ1) is 8.64. The Morgan fingerprint density at radius 1 is 1.21 bits per heavy atom. The van der Waals surface area contributed by atoms with Gasteiger partial charge in [-0.2, -0.15) is 0 Å². The molecule has 1 N–H and O–H groups in total. The van der Waals surface area contributed by atoms with Crippen LogP contribution in [0.25, 0.3) is 0 Å². The van der Waals surface area contributed by atoms with E-state index in [-0.39, 0.29) is 36.8 Å². The van der Waals surface area contributed by atoms with E-state index < -0.39 is 7.82 Å². The second kappa shape index (κ2) is 6.68. The second-order valence-corrected chi connectivity index (χ2v) is 7.47. The predicted octanol–water partition coefficient (Wildman–Crippen LogP) is 3.22. The summed E-state index contributed by atoms with van der Waals surface area (Å²) in [5.74, 6) is 0.650. The van der Waals surface area contributed by atoms with Gasteiger partial charge in [-0.25, -0.2) is 4.57 Å². The van der Waals surface area contributed by atoms with E-state index in [2.05, 4.69) is 0 Å². The van der Waals surface area contributed by atoms with E-state index in [1.807, 2.05) is 41.5 Å². The standard InChI is InChI=1S/C13H27O5P/c1-8(2)13(9(3)4)18-19(14,15)16-7-12-10(5)11(6)17-12/h8-13H,7H2,1-6H3,(H,14,15). The summed E-state index contributed by atoms with van der Waals surface area (Å²) in [7, 11) is -4.02. The van der Waals surface area contributed by atoms with E-state index in [1.165, 1.54) is 0 Å². The van der Waals surface area contributed by atoms with Crippen LogP contribution >= 0.6 is 7.82 Å². The SMILES string of the molecule is CC(C)C(OP(=O)(O)OCC1OC(C)C1C)C(C)C. The molecule has 0 aromatic carbocycles. The molecule has 0 radical (unpaired) electrons. The van der Waals surface area contributed by atoms with Crippen molar-refractivity contribution in [1.29, 1.82) is 0 Å². The molecule has 114 valence electrons. The lowest BCUT2D eigenvalue weighted by Crippen LogP contribution is -2.47. The maximum absolute atomic E-state index is 11.9. The third-order valence-corrected chi connectivity index (χ3v) is 4.67. The highest BCUT2D eigenvalue weighted by Crippen LogP contribution is 2.47. The lowest BCUT2D eigenvalue weighted by molar-refractivity contribution is -0.181. The van der Waals surface area contributed by atoms with Crippen LogP contribution in [0.15, 0.2) is 0 Å². The van der Waals surface area contributed by atoms with Crippen LogP contribution in [0.4, 0.5) is 0 Å². The van der Waals surface area contributed by atoms with Crippen LogP contribution in [0.1, 0.15) is 41.5 Å². The van der Waals surface area contributed by atoms with Crippen LogP contribution in [0.2, 0.25) is 0 Å². The normalized spacial score (nSPS) is 30.7. The van der Waals surface area contributed by atoms with Crippen LogP contribution in [0.3, 0.4) is 0 Å². The Balaban J connectivity index is 2.45. The van der Waals surface area contributed by atoms with Crippen molar-refractivity contribution in [3.8, 4) is 0 Å². The van der Waals surface area contributed by atoms with Gasteiger partial charge in [0.1, 0.15) is 0 Å². The largest absolute Gasteiger partial charge is 0.472 e. The van der Waals surface area contributed by atoms with Crippen LogP contribution in [-0.4, -0.2) is 29.8 Å². The maximum Gasteiger partial charge on any atom is 0.472 e. The summed E-state index contributed by atoms with van der Waals surface area (Å²) >= 11 is 0. The number of hydrogen-bond acceptors (Lipinski definition) is 4. The van der Waals surface area contributed by atoms with Crippen molar-refractivity contribution in [2.75, 3.05) is 6.61 Å². The fourth-order valence-electron chi connectivity index (χ4n) is 2.29. The van der Waals surface area contributed by atoms with Crippen molar-refractivity contribution in [3.05, 3.63) is 0 Å². The van der Waals surface area contributed by atoms with Crippen LogP contribution in [-0.2, 0) is 18.3 Å². The summed E-state index contributed by atoms with van der Waals surface area (Å²) in [6.07, 6.45) is -0.225. The molecular formula is C13H27O5P. The van der Waals surface area contributed by atoms with Gasteiger partial charge in [0.15, 0.2) is 0 Å². The molecule has 1 aliphatic rings. The Labute approximate surface area is 116 Å². The highest BCUT2D eigenvalue weighted by molar-refractivity contribution is 7.47. The molecule has 0 aromatic heterocycles. The van der Waals surface area contributed by atoms with Crippen LogP contribution in [0.5, 0.6) is 0 Å². The van der Waals surface area contributed by atoms with E-state index in [0.29, 0.717) is 5.92 Å². The summed E-state index contributed by atoms with van der Waals surface area (Å²) in [5, 5.41) is 0. The minimum absolute atomic E-state index is 0.0994. The number of phosphoric acid groups is 1. The third kappa shape index (κ3) is 4.83. The molecule has 0 bridgehead atoms. The Morgan fingerprint density at radius 2 is 1.74 bits per heavy atom. The molecule has 0 spiro atoms. The molecular weight excluding hydrogens is 267 g/mol. The van der Waals surface area contributed by atoms with E-state index >= 15 is 0 Å². The third-order valence-electron chi connectivity index (χ3n) is 3.69. The Kier molecular flexibility index (Phi) is 6.02. The zero-order chi connectivity index (χ0) is 14.8. The van der Waals surface area contributed by atoms with Crippen LogP contribution < -0.4 is 0 Å². The van der Waals surface area contributed by atoms with E-state index in [9.17, 15) is 9.46 Å². The Morgan fingerprint density at radius 3 is 2.11 bits per heavy atom. The fourth-order valence-corrected chi connectivity index (χ4v) is 3.48. The summed E-state index contributed by atoms with van der Waals surface area (Å²) in [6.45, 7) is 12.0. The molecule has 19 heavy (non-hydrogen) atoms. The van der Waals surface area contributed by atoms with E-state index in [4.69, 9.17) is 13.8 Å². The molecule has 0 amide bonds. The fraction of sp³-hybridized carbons (Fsp3) is 1.00. The molecule has 4 atom stereocenters. The summed E-state index contributed by atoms with van der Waals surface area (Å²) in [6, 6.07) is 0. The molecule has 1 aliphatic heterocycles. The minimum Gasteiger partial charge on any atom is -0.372 e. The molecule has 0 saturated carbocycles. The van der Waals surface area contributed by atoms with Crippen molar-refractivity contribution in [2.45, 2.75) is 59.9 Å². The monoisotopic (exact) mass is 294 g/mol. The number of ether oxygens (including phenoxy) is 1. The molecule has 4 unspecified atom stereocenters. The highest BCUT2D eigenvalue weighted by Gasteiger charge is 2.38. The quantitative estimate of drug-likeness (QED) is 0.730. The molecule has 1 saturated heterocycles. The van der Waals surface area contributed by atoms with Crippen molar-refractivity contribution in [2.24, 2.45) is 17.8 Å². The summed E-state index contributed by atoms with van der Waals surface area (Å²) < 4.78 is 27.7. The molecule has 1 heterocycles. The lowest BCUT2D eigenvalue weighted by Gasteiger charge is -2.41. The maximum atomic E-state index is 11.9. The van der Waals surface area contributed by atoms with Crippen molar-refractivity contribution >= 4 is 7.82 Å². The van der Waals surface area contributed by atoms with Gasteiger partial charge >= 0.3 is 7.82 Å². The highest BCUT2D eigenvalue weighted by atomic mass is 31.2. The zero-order valence-electron chi connectivity index (χ0n) is 12.7. The van der Waals surface area contributed by atoms with Gasteiger partial charge in [0.25, 0.3) is 0 Å². The summed E-state index contributed by atoms with van der Waals surface area (Å²) in [5.41, 5.74) is 0. The van der Waals surface area contributed by atoms with Gasteiger partial charge in [0.2, 0.25) is 0 Å². The Bertz CT molecular complexity index is 323. The average molecular weight is 294 g/mol. The molecule has 5 nitrogen and oxygen atoms in total. The minimum atomic E-state index is -4.02. The lowest BCUT2D eigenvalue weighted by atomic mass is 9.93. The van der Waals surface area contributed by atoms with Gasteiger partial charge in [-0.3, -0.25) is 9.05 Å². The van der Waals surface area contributed by atoms with Crippen molar-refractivity contribution in [1.82, 2.24) is 0 Å². The molecule has 1 fully saturated rings. The average Bonchev–Trinajstić information content (AvgIpc) is 2.30. The number of hydrogen-bond donors (Lipinski definition) is 1. The van der Waals surface area contributed by atoms with Crippen molar-refractivity contribution < 1.29 is 23.2 Å². The smallest absolute Gasteiger partial charge is 0.372 e. The van der Waals surface area contributed by atoms with E-state index in [0.717, 1.165) is 0 Å².